The monoisotopic (exact) mass is 462 g/mol. The minimum absolute atomic E-state index is 0.0548. The number of nitrogens with zero attached hydrogens (tertiary/aromatic N) is 1. The average molecular weight is 463 g/mol. The quantitative estimate of drug-likeness (QED) is 0.0479. The van der Waals surface area contributed by atoms with E-state index in [4.69, 9.17) is 28.0 Å². The zero-order chi connectivity index (χ0) is 23.8. The van der Waals surface area contributed by atoms with Crippen molar-refractivity contribution in [3.8, 4) is 0 Å². The van der Waals surface area contributed by atoms with Gasteiger partial charge < -0.3 is 44.0 Å². The number of hydrogen-bond acceptors (Lipinski definition) is 8. The van der Waals surface area contributed by atoms with Crippen molar-refractivity contribution in [3.05, 3.63) is 0 Å². The number of aliphatic imine (C=N–C) groups is 1. The predicted octanol–water partition coefficient (Wildman–Crippen LogP) is -3.40. The van der Waals surface area contributed by atoms with Gasteiger partial charge in [0.1, 0.15) is 18.6 Å². The molecule has 0 fully saturated rings. The Bertz CT molecular complexity index is 630. The second kappa shape index (κ2) is 16.2. The lowest BCUT2D eigenvalue weighted by Gasteiger charge is -2.23. The van der Waals surface area contributed by atoms with Crippen molar-refractivity contribution in [2.75, 3.05) is 25.4 Å². The number of hydrogen-bond donors (Lipinski definition) is 9. The smallest absolute Gasteiger partial charge is 0.322 e. The normalized spacial score (nSPS) is 13.4. The summed E-state index contributed by atoms with van der Waals surface area (Å²) in [6, 6.07) is -2.90. The first-order chi connectivity index (χ1) is 14.6. The number of unbranched alkanes of at least 4 members (excludes halogenated alkanes) is 1. The fourth-order valence-corrected chi connectivity index (χ4v) is 2.70. The van der Waals surface area contributed by atoms with Crippen molar-refractivity contribution >= 4 is 42.3 Å². The largest absolute Gasteiger partial charge is 0.480 e. The molecule has 0 heterocycles. The van der Waals surface area contributed by atoms with E-state index in [1.54, 1.807) is 0 Å². The van der Waals surface area contributed by atoms with Gasteiger partial charge in [0.2, 0.25) is 17.7 Å². The highest BCUT2D eigenvalue weighted by Crippen LogP contribution is 2.04. The number of nitrogens with one attached hydrogen (secondary N) is 3. The topological polar surface area (TPSA) is 241 Å². The molecule has 0 aliphatic heterocycles. The highest BCUT2D eigenvalue weighted by Gasteiger charge is 2.27. The van der Waals surface area contributed by atoms with Gasteiger partial charge in [-0.1, -0.05) is 0 Å². The van der Waals surface area contributed by atoms with Crippen LogP contribution in [0, 0.1) is 0 Å². The fourth-order valence-electron chi connectivity index (χ4n) is 2.44. The number of carboxylic acid groups (broad SMARTS) is 1. The molecule has 0 spiro atoms. The molecule has 178 valence electrons. The molecule has 3 atom stereocenters. The number of carbonyl (C=O) groups excluding carboxylic acids is 3. The summed E-state index contributed by atoms with van der Waals surface area (Å²) in [6.45, 7) is 0.145. The first-order valence-electron chi connectivity index (χ1n) is 9.84. The maximum atomic E-state index is 12.7. The molecule has 0 aromatic heterocycles. The Morgan fingerprint density at radius 3 is 2.13 bits per heavy atom. The SMILES string of the molecule is NCCCC[C@H](NC(=O)[C@@H](N)CCCN=C(N)N)C(=O)N[C@@H](CS)C(=O)NCC(=O)O. The van der Waals surface area contributed by atoms with Crippen LogP contribution >= 0.6 is 12.6 Å². The Kier molecular flexibility index (Phi) is 14.8. The maximum absolute atomic E-state index is 12.7. The van der Waals surface area contributed by atoms with E-state index in [0.717, 1.165) is 0 Å². The summed E-state index contributed by atoms with van der Waals surface area (Å²) in [7, 11) is 0. The van der Waals surface area contributed by atoms with Crippen LogP contribution in [0.1, 0.15) is 32.1 Å². The van der Waals surface area contributed by atoms with Crippen LogP contribution in [0.25, 0.3) is 0 Å². The third-order valence-corrected chi connectivity index (χ3v) is 4.48. The van der Waals surface area contributed by atoms with Crippen molar-refractivity contribution < 1.29 is 24.3 Å². The highest BCUT2D eigenvalue weighted by atomic mass is 32.1. The van der Waals surface area contributed by atoms with Gasteiger partial charge in [0.15, 0.2) is 5.96 Å². The molecule has 0 saturated heterocycles. The lowest BCUT2D eigenvalue weighted by atomic mass is 10.1. The lowest BCUT2D eigenvalue weighted by molar-refractivity contribution is -0.138. The summed E-state index contributed by atoms with van der Waals surface area (Å²) in [5.41, 5.74) is 21.8. The number of nitrogens with two attached hydrogens (primary N) is 4. The van der Waals surface area contributed by atoms with E-state index in [1.165, 1.54) is 0 Å². The molecule has 0 saturated carbocycles. The zero-order valence-corrected chi connectivity index (χ0v) is 18.3. The maximum Gasteiger partial charge on any atom is 0.322 e. The number of guanidine groups is 1. The summed E-state index contributed by atoms with van der Waals surface area (Å²) < 4.78 is 0. The van der Waals surface area contributed by atoms with Crippen LogP contribution in [0.5, 0.6) is 0 Å². The van der Waals surface area contributed by atoms with Gasteiger partial charge in [0.25, 0.3) is 0 Å². The highest BCUT2D eigenvalue weighted by molar-refractivity contribution is 7.80. The number of aliphatic carboxylic acids is 1. The van der Waals surface area contributed by atoms with Crippen LogP contribution in [0.15, 0.2) is 4.99 Å². The van der Waals surface area contributed by atoms with Gasteiger partial charge >= 0.3 is 5.97 Å². The molecular formula is C17H34N8O5S. The van der Waals surface area contributed by atoms with E-state index in [1.807, 2.05) is 0 Å². The number of carbonyl (C=O) groups is 4. The van der Waals surface area contributed by atoms with Crippen molar-refractivity contribution in [1.29, 1.82) is 0 Å². The molecule has 0 unspecified atom stereocenters. The molecule has 13 nitrogen and oxygen atoms in total. The number of carboxylic acids is 1. The summed E-state index contributed by atoms with van der Waals surface area (Å²) >= 11 is 4.02. The van der Waals surface area contributed by atoms with Gasteiger partial charge in [-0.2, -0.15) is 12.6 Å². The van der Waals surface area contributed by atoms with E-state index in [9.17, 15) is 19.2 Å². The molecule has 0 aromatic carbocycles. The summed E-state index contributed by atoms with van der Waals surface area (Å²) in [5.74, 6) is -3.18. The van der Waals surface area contributed by atoms with Crippen LogP contribution in [-0.2, 0) is 19.2 Å². The van der Waals surface area contributed by atoms with Gasteiger partial charge in [0.05, 0.1) is 6.04 Å². The summed E-state index contributed by atoms with van der Waals surface area (Å²) in [6.07, 6.45) is 2.26. The van der Waals surface area contributed by atoms with Gasteiger partial charge in [-0.05, 0) is 38.6 Å². The van der Waals surface area contributed by atoms with Crippen LogP contribution in [0.4, 0.5) is 0 Å². The second-order valence-corrected chi connectivity index (χ2v) is 7.12. The number of rotatable bonds is 16. The van der Waals surface area contributed by atoms with E-state index in [2.05, 4.69) is 33.6 Å². The minimum atomic E-state index is -1.22. The Balaban J connectivity index is 4.94. The molecule has 0 bridgehead atoms. The number of amides is 3. The fraction of sp³-hybridized carbons (Fsp3) is 0.706. The van der Waals surface area contributed by atoms with E-state index in [-0.39, 0.29) is 18.1 Å². The van der Waals surface area contributed by atoms with Crippen LogP contribution in [0.2, 0.25) is 0 Å². The molecule has 0 aromatic rings. The van der Waals surface area contributed by atoms with Crippen LogP contribution in [0.3, 0.4) is 0 Å². The molecule has 0 radical (unpaired) electrons. The molecule has 12 N–H and O–H groups in total. The van der Waals surface area contributed by atoms with E-state index < -0.39 is 48.4 Å². The number of thiol groups is 1. The van der Waals surface area contributed by atoms with E-state index in [0.29, 0.717) is 38.8 Å². The van der Waals surface area contributed by atoms with E-state index >= 15 is 0 Å². The molecule has 14 heteroatoms. The predicted molar refractivity (Wildman–Crippen MR) is 119 cm³/mol. The molecule has 31 heavy (non-hydrogen) atoms. The van der Waals surface area contributed by atoms with Gasteiger partial charge in [-0.3, -0.25) is 24.2 Å². The minimum Gasteiger partial charge on any atom is -0.480 e. The molecule has 0 aliphatic carbocycles. The second-order valence-electron chi connectivity index (χ2n) is 6.76. The van der Waals surface area contributed by atoms with Gasteiger partial charge in [0, 0.05) is 12.3 Å². The molecule has 3 amide bonds. The van der Waals surface area contributed by atoms with Crippen molar-refractivity contribution in [2.45, 2.75) is 50.2 Å². The van der Waals surface area contributed by atoms with Crippen molar-refractivity contribution in [2.24, 2.45) is 27.9 Å². The standard InChI is InChI=1S/C17H34N8O5S/c18-6-2-1-5-11(24-14(28)10(19)4-3-7-22-17(20)21)16(30)25-12(9-31)15(29)23-8-13(26)27/h10-12,31H,1-9,18-19H2,(H,23,29)(H,24,28)(H,25,30)(H,26,27)(H4,20,21,22)/t10-,11-,12-/m0/s1. The third-order valence-electron chi connectivity index (χ3n) is 4.11. The van der Waals surface area contributed by atoms with Gasteiger partial charge in [-0.15, -0.1) is 0 Å². The lowest BCUT2D eigenvalue weighted by Crippen LogP contribution is -2.56. The third kappa shape index (κ3) is 13.4. The molecule has 0 aliphatic rings. The summed E-state index contributed by atoms with van der Waals surface area (Å²) in [4.78, 5) is 51.5. The van der Waals surface area contributed by atoms with Gasteiger partial charge in [-0.25, -0.2) is 0 Å². The molecular weight excluding hydrogens is 428 g/mol. The Morgan fingerprint density at radius 2 is 1.58 bits per heavy atom. The Morgan fingerprint density at radius 1 is 0.935 bits per heavy atom. The Hall–Kier alpha value is -2.58. The first-order valence-corrected chi connectivity index (χ1v) is 10.5. The first kappa shape index (κ1) is 28.4. The zero-order valence-electron chi connectivity index (χ0n) is 17.4. The Labute approximate surface area is 186 Å². The van der Waals surface area contributed by atoms with Crippen molar-refractivity contribution in [3.63, 3.8) is 0 Å². The van der Waals surface area contributed by atoms with Crippen molar-refractivity contribution in [1.82, 2.24) is 16.0 Å². The molecule has 0 rings (SSSR count). The summed E-state index contributed by atoms with van der Waals surface area (Å²) in [5, 5.41) is 15.9. The average Bonchev–Trinajstić information content (AvgIpc) is 2.71. The van der Waals surface area contributed by atoms with Crippen LogP contribution < -0.4 is 38.9 Å². The van der Waals surface area contributed by atoms with Crippen LogP contribution in [-0.4, -0.2) is 78.3 Å².